The predicted molar refractivity (Wildman–Crippen MR) is 118 cm³/mol. The first kappa shape index (κ1) is 20.3. The molecule has 2 amide bonds. The fourth-order valence-electron chi connectivity index (χ4n) is 3.45. The number of nitrogens with zero attached hydrogens (tertiary/aromatic N) is 2. The van der Waals surface area contributed by atoms with Crippen molar-refractivity contribution in [1.29, 1.82) is 0 Å². The fourth-order valence-corrected chi connectivity index (χ4v) is 3.71. The third-order valence-corrected chi connectivity index (χ3v) is 5.58. The molecule has 4 nitrogen and oxygen atoms in total. The number of amides is 2. The van der Waals surface area contributed by atoms with E-state index in [1.807, 2.05) is 68.1 Å². The smallest absolute Gasteiger partial charge is 0.318 e. The Morgan fingerprint density at radius 2 is 1.75 bits per heavy atom. The van der Waals surface area contributed by atoms with Crippen molar-refractivity contribution >= 4 is 28.9 Å². The minimum Gasteiger partial charge on any atom is -0.367 e. The van der Waals surface area contributed by atoms with Gasteiger partial charge >= 0.3 is 6.03 Å². The lowest BCUT2D eigenvalue weighted by molar-refractivity contribution is 0.183. The number of urea groups is 1. The van der Waals surface area contributed by atoms with Gasteiger partial charge in [0.25, 0.3) is 0 Å². The van der Waals surface area contributed by atoms with E-state index in [1.54, 1.807) is 0 Å². The molecular formula is C23H28ClN3O. The Labute approximate surface area is 172 Å². The standard InChI is InChI=1S/C23H28ClN3O/c1-17(2)18-8-7-9-19(16-18)23(3,4)25-22(28)27-14-12-26(13-15-27)21-11-6-5-10-20(21)24/h5-11,16H,1,12-15H2,2-4H3,(H,25,28). The molecule has 1 N–H and O–H groups in total. The van der Waals surface area contributed by atoms with Crippen LogP contribution in [0.3, 0.4) is 0 Å². The van der Waals surface area contributed by atoms with Crippen molar-refractivity contribution in [2.24, 2.45) is 0 Å². The third-order valence-electron chi connectivity index (χ3n) is 5.26. The minimum atomic E-state index is -0.470. The molecule has 0 unspecified atom stereocenters. The van der Waals surface area contributed by atoms with E-state index in [0.717, 1.165) is 40.5 Å². The topological polar surface area (TPSA) is 35.6 Å². The zero-order valence-electron chi connectivity index (χ0n) is 16.8. The lowest BCUT2D eigenvalue weighted by Crippen LogP contribution is -2.55. The van der Waals surface area contributed by atoms with Crippen LogP contribution in [0.15, 0.2) is 55.1 Å². The summed E-state index contributed by atoms with van der Waals surface area (Å²) in [4.78, 5) is 17.0. The molecule has 1 fully saturated rings. The van der Waals surface area contributed by atoms with Gasteiger partial charge in [-0.15, -0.1) is 0 Å². The highest BCUT2D eigenvalue weighted by Gasteiger charge is 2.28. The highest BCUT2D eigenvalue weighted by Crippen LogP contribution is 2.27. The van der Waals surface area contributed by atoms with Gasteiger partial charge in [0.05, 0.1) is 16.2 Å². The molecule has 2 aromatic rings. The Kier molecular flexibility index (Phi) is 5.99. The average Bonchev–Trinajstić information content (AvgIpc) is 2.68. The van der Waals surface area contributed by atoms with Crippen molar-refractivity contribution in [2.75, 3.05) is 31.1 Å². The quantitative estimate of drug-likeness (QED) is 0.775. The van der Waals surface area contributed by atoms with Crippen LogP contribution < -0.4 is 10.2 Å². The SMILES string of the molecule is C=C(C)c1cccc(C(C)(C)NC(=O)N2CCN(c3ccccc3Cl)CC2)c1. The fraction of sp³-hybridized carbons (Fsp3) is 0.348. The molecule has 0 atom stereocenters. The van der Waals surface area contributed by atoms with Crippen LogP contribution in [-0.4, -0.2) is 37.1 Å². The van der Waals surface area contributed by atoms with Gasteiger partial charge in [-0.3, -0.25) is 0 Å². The summed E-state index contributed by atoms with van der Waals surface area (Å²) in [6.07, 6.45) is 0. The summed E-state index contributed by atoms with van der Waals surface area (Å²) < 4.78 is 0. The molecule has 1 aliphatic rings. The Morgan fingerprint density at radius 3 is 2.39 bits per heavy atom. The number of halogens is 1. The maximum atomic E-state index is 12.9. The van der Waals surface area contributed by atoms with Gasteiger partial charge in [-0.2, -0.15) is 0 Å². The third kappa shape index (κ3) is 4.50. The molecule has 1 saturated heterocycles. The lowest BCUT2D eigenvalue weighted by Gasteiger charge is -2.38. The van der Waals surface area contributed by atoms with Crippen LogP contribution in [0.2, 0.25) is 5.02 Å². The molecule has 0 saturated carbocycles. The summed E-state index contributed by atoms with van der Waals surface area (Å²) in [6.45, 7) is 12.9. The molecule has 5 heteroatoms. The first-order valence-electron chi connectivity index (χ1n) is 9.61. The van der Waals surface area contributed by atoms with Crippen LogP contribution in [0.1, 0.15) is 31.9 Å². The zero-order chi connectivity index (χ0) is 20.3. The summed E-state index contributed by atoms with van der Waals surface area (Å²) >= 11 is 6.31. The van der Waals surface area contributed by atoms with Crippen molar-refractivity contribution in [2.45, 2.75) is 26.3 Å². The number of nitrogens with one attached hydrogen (secondary N) is 1. The Hall–Kier alpha value is -2.46. The molecule has 1 aliphatic heterocycles. The molecule has 28 heavy (non-hydrogen) atoms. The Bertz CT molecular complexity index is 870. The van der Waals surface area contributed by atoms with Gasteiger partial charge in [-0.25, -0.2) is 4.79 Å². The summed E-state index contributed by atoms with van der Waals surface area (Å²) in [7, 11) is 0. The second-order valence-corrected chi connectivity index (χ2v) is 8.25. The molecule has 0 radical (unpaired) electrons. The number of hydrogen-bond donors (Lipinski definition) is 1. The highest BCUT2D eigenvalue weighted by atomic mass is 35.5. The van der Waals surface area contributed by atoms with Crippen LogP contribution in [0.5, 0.6) is 0 Å². The summed E-state index contributed by atoms with van der Waals surface area (Å²) in [6, 6.07) is 16.0. The van der Waals surface area contributed by atoms with Crippen LogP contribution in [0.25, 0.3) is 5.57 Å². The number of anilines is 1. The second kappa shape index (κ2) is 8.27. The van der Waals surface area contributed by atoms with E-state index < -0.39 is 5.54 Å². The highest BCUT2D eigenvalue weighted by molar-refractivity contribution is 6.33. The maximum absolute atomic E-state index is 12.9. The van der Waals surface area contributed by atoms with Crippen molar-refractivity contribution in [3.05, 3.63) is 71.3 Å². The van der Waals surface area contributed by atoms with E-state index in [-0.39, 0.29) is 6.03 Å². The first-order valence-corrected chi connectivity index (χ1v) is 9.99. The normalized spacial score (nSPS) is 14.7. The maximum Gasteiger partial charge on any atom is 0.318 e. The number of piperazine rings is 1. The summed E-state index contributed by atoms with van der Waals surface area (Å²) in [5.74, 6) is 0. The predicted octanol–water partition coefficient (Wildman–Crippen LogP) is 5.14. The van der Waals surface area contributed by atoms with E-state index in [0.29, 0.717) is 13.1 Å². The molecule has 3 rings (SSSR count). The monoisotopic (exact) mass is 397 g/mol. The van der Waals surface area contributed by atoms with Crippen LogP contribution in [0, 0.1) is 0 Å². The average molecular weight is 398 g/mol. The first-order chi connectivity index (χ1) is 13.3. The van der Waals surface area contributed by atoms with Crippen LogP contribution in [0.4, 0.5) is 10.5 Å². The molecule has 0 spiro atoms. The molecular weight excluding hydrogens is 370 g/mol. The van der Waals surface area contributed by atoms with Crippen molar-refractivity contribution in [3.8, 4) is 0 Å². The van der Waals surface area contributed by atoms with E-state index in [1.165, 1.54) is 0 Å². The molecule has 0 bridgehead atoms. The van der Waals surface area contributed by atoms with Gasteiger partial charge in [0.1, 0.15) is 0 Å². The molecule has 0 aromatic heterocycles. The van der Waals surface area contributed by atoms with E-state index in [9.17, 15) is 4.79 Å². The molecule has 1 heterocycles. The number of carbonyl (C=O) groups excluding carboxylic acids is 1. The number of para-hydroxylation sites is 1. The van der Waals surface area contributed by atoms with Crippen LogP contribution in [-0.2, 0) is 5.54 Å². The second-order valence-electron chi connectivity index (χ2n) is 7.84. The molecule has 2 aromatic carbocycles. The van der Waals surface area contributed by atoms with Gasteiger partial charge in [-0.1, -0.05) is 54.1 Å². The number of hydrogen-bond acceptors (Lipinski definition) is 2. The Balaban J connectivity index is 1.63. The van der Waals surface area contributed by atoms with Crippen molar-refractivity contribution < 1.29 is 4.79 Å². The van der Waals surface area contributed by atoms with Gasteiger partial charge in [0, 0.05) is 26.2 Å². The molecule has 148 valence electrons. The van der Waals surface area contributed by atoms with Gasteiger partial charge < -0.3 is 15.1 Å². The van der Waals surface area contributed by atoms with E-state index in [2.05, 4.69) is 22.9 Å². The lowest BCUT2D eigenvalue weighted by atomic mass is 9.92. The van der Waals surface area contributed by atoms with Gasteiger partial charge in [-0.05, 0) is 50.1 Å². The number of carbonyl (C=O) groups is 1. The van der Waals surface area contributed by atoms with Crippen molar-refractivity contribution in [1.82, 2.24) is 10.2 Å². The van der Waals surface area contributed by atoms with Gasteiger partial charge in [0.15, 0.2) is 0 Å². The Morgan fingerprint density at radius 1 is 1.07 bits per heavy atom. The van der Waals surface area contributed by atoms with E-state index in [4.69, 9.17) is 11.6 Å². The number of benzene rings is 2. The molecule has 0 aliphatic carbocycles. The van der Waals surface area contributed by atoms with Gasteiger partial charge in [0.2, 0.25) is 0 Å². The number of allylic oxidation sites excluding steroid dienone is 1. The summed E-state index contributed by atoms with van der Waals surface area (Å²) in [5, 5.41) is 3.94. The summed E-state index contributed by atoms with van der Waals surface area (Å²) in [5.41, 5.74) is 3.73. The largest absolute Gasteiger partial charge is 0.367 e. The minimum absolute atomic E-state index is 0.0375. The van der Waals surface area contributed by atoms with Crippen molar-refractivity contribution in [3.63, 3.8) is 0 Å². The van der Waals surface area contributed by atoms with Crippen LogP contribution >= 0.6 is 11.6 Å². The number of rotatable bonds is 4. The van der Waals surface area contributed by atoms with E-state index >= 15 is 0 Å². The zero-order valence-corrected chi connectivity index (χ0v) is 17.6.